The molecule has 0 radical (unpaired) electrons. The van der Waals surface area contributed by atoms with Crippen LogP contribution in [0.3, 0.4) is 0 Å². The maximum absolute atomic E-state index is 12.0. The number of hydrogen-bond acceptors (Lipinski definition) is 5. The Morgan fingerprint density at radius 3 is 2.83 bits per heavy atom. The second-order valence-corrected chi connectivity index (χ2v) is 5.29. The molecule has 0 bridgehead atoms. The van der Waals surface area contributed by atoms with Crippen LogP contribution in [-0.2, 0) is 4.74 Å². The summed E-state index contributed by atoms with van der Waals surface area (Å²) in [6.07, 6.45) is 0. The SMILES string of the molecule is CCOC(=O)c1cccc(N)c1N1CCSCC1. The quantitative estimate of drug-likeness (QED) is 0.670. The third-order valence-electron chi connectivity index (χ3n) is 2.89. The fraction of sp³-hybridized carbons (Fsp3) is 0.462. The van der Waals surface area contributed by atoms with E-state index in [2.05, 4.69) is 4.90 Å². The number of benzene rings is 1. The lowest BCUT2D eigenvalue weighted by molar-refractivity contribution is 0.0527. The fourth-order valence-electron chi connectivity index (χ4n) is 2.07. The largest absolute Gasteiger partial charge is 0.462 e. The summed E-state index contributed by atoms with van der Waals surface area (Å²) in [5, 5.41) is 0. The van der Waals surface area contributed by atoms with Crippen LogP contribution in [0.5, 0.6) is 0 Å². The number of carbonyl (C=O) groups excluding carboxylic acids is 1. The van der Waals surface area contributed by atoms with Crippen LogP contribution >= 0.6 is 11.8 Å². The zero-order valence-electron chi connectivity index (χ0n) is 10.5. The van der Waals surface area contributed by atoms with Crippen molar-refractivity contribution in [3.8, 4) is 0 Å². The summed E-state index contributed by atoms with van der Waals surface area (Å²) < 4.78 is 5.09. The van der Waals surface area contributed by atoms with Crippen LogP contribution in [0.15, 0.2) is 18.2 Å². The first-order valence-corrected chi connectivity index (χ1v) is 7.27. The van der Waals surface area contributed by atoms with E-state index >= 15 is 0 Å². The highest BCUT2D eigenvalue weighted by molar-refractivity contribution is 7.99. The van der Waals surface area contributed by atoms with Crippen LogP contribution < -0.4 is 10.6 Å². The van der Waals surface area contributed by atoms with Crippen LogP contribution in [0.2, 0.25) is 0 Å². The third-order valence-corrected chi connectivity index (χ3v) is 3.83. The Morgan fingerprint density at radius 2 is 2.17 bits per heavy atom. The molecule has 1 saturated heterocycles. The smallest absolute Gasteiger partial charge is 0.340 e. The molecule has 1 fully saturated rings. The predicted molar refractivity (Wildman–Crippen MR) is 76.3 cm³/mol. The number of rotatable bonds is 3. The maximum Gasteiger partial charge on any atom is 0.340 e. The van der Waals surface area contributed by atoms with Crippen molar-refractivity contribution < 1.29 is 9.53 Å². The molecule has 0 atom stereocenters. The Balaban J connectivity index is 2.34. The van der Waals surface area contributed by atoms with E-state index in [0.717, 1.165) is 30.3 Å². The molecule has 4 nitrogen and oxygen atoms in total. The molecule has 0 aromatic heterocycles. The van der Waals surface area contributed by atoms with Crippen molar-refractivity contribution in [2.45, 2.75) is 6.92 Å². The average molecular weight is 266 g/mol. The van der Waals surface area contributed by atoms with Gasteiger partial charge in [-0.15, -0.1) is 0 Å². The summed E-state index contributed by atoms with van der Waals surface area (Å²) in [6.45, 7) is 4.03. The number of nitrogens with two attached hydrogens (primary N) is 1. The summed E-state index contributed by atoms with van der Waals surface area (Å²) in [5.41, 5.74) is 8.08. The molecular formula is C13H18N2O2S. The molecule has 18 heavy (non-hydrogen) atoms. The van der Waals surface area contributed by atoms with E-state index in [1.54, 1.807) is 19.1 Å². The van der Waals surface area contributed by atoms with Crippen molar-refractivity contribution in [2.75, 3.05) is 41.8 Å². The van der Waals surface area contributed by atoms with Crippen LogP contribution in [0.1, 0.15) is 17.3 Å². The van der Waals surface area contributed by atoms with E-state index in [4.69, 9.17) is 10.5 Å². The van der Waals surface area contributed by atoms with Crippen molar-refractivity contribution in [1.82, 2.24) is 0 Å². The fourth-order valence-corrected chi connectivity index (χ4v) is 2.98. The molecule has 1 aliphatic heterocycles. The highest BCUT2D eigenvalue weighted by Gasteiger charge is 2.21. The average Bonchev–Trinajstić information content (AvgIpc) is 2.39. The predicted octanol–water partition coefficient (Wildman–Crippen LogP) is 2.00. The first-order chi connectivity index (χ1) is 8.74. The van der Waals surface area contributed by atoms with Gasteiger partial charge in [-0.05, 0) is 19.1 Å². The minimum atomic E-state index is -0.293. The molecule has 2 N–H and O–H groups in total. The molecule has 5 heteroatoms. The third kappa shape index (κ3) is 2.72. The number of anilines is 2. The van der Waals surface area contributed by atoms with Gasteiger partial charge >= 0.3 is 5.97 Å². The van der Waals surface area contributed by atoms with E-state index < -0.39 is 0 Å². The molecule has 1 heterocycles. The lowest BCUT2D eigenvalue weighted by Gasteiger charge is -2.30. The van der Waals surface area contributed by atoms with Gasteiger partial charge < -0.3 is 15.4 Å². The zero-order chi connectivity index (χ0) is 13.0. The number of nitrogens with zero attached hydrogens (tertiary/aromatic N) is 1. The lowest BCUT2D eigenvalue weighted by Crippen LogP contribution is -2.34. The second-order valence-electron chi connectivity index (χ2n) is 4.06. The number of nitrogen functional groups attached to an aromatic ring is 1. The van der Waals surface area contributed by atoms with E-state index in [1.165, 1.54) is 0 Å². The van der Waals surface area contributed by atoms with Gasteiger partial charge in [0, 0.05) is 24.6 Å². The molecule has 0 unspecified atom stereocenters. The van der Waals surface area contributed by atoms with E-state index in [9.17, 15) is 4.79 Å². The number of thioether (sulfide) groups is 1. The molecular weight excluding hydrogens is 248 g/mol. The Bertz CT molecular complexity index is 431. The summed E-state index contributed by atoms with van der Waals surface area (Å²) in [6, 6.07) is 5.41. The van der Waals surface area contributed by atoms with E-state index in [-0.39, 0.29) is 5.97 Å². The number of para-hydroxylation sites is 1. The van der Waals surface area contributed by atoms with Crippen LogP contribution in [0.4, 0.5) is 11.4 Å². The topological polar surface area (TPSA) is 55.6 Å². The second kappa shape index (κ2) is 6.00. The van der Waals surface area contributed by atoms with Crippen LogP contribution in [0, 0.1) is 0 Å². The standard InChI is InChI=1S/C13H18N2O2S/c1-2-17-13(16)10-4-3-5-11(14)12(10)15-6-8-18-9-7-15/h3-5H,2,6-9,14H2,1H3. The van der Waals surface area contributed by atoms with Crippen molar-refractivity contribution in [3.63, 3.8) is 0 Å². The van der Waals surface area contributed by atoms with Crippen LogP contribution in [0.25, 0.3) is 0 Å². The Labute approximate surface area is 111 Å². The Morgan fingerprint density at radius 1 is 1.44 bits per heavy atom. The maximum atomic E-state index is 12.0. The van der Waals surface area contributed by atoms with Gasteiger partial charge in [-0.25, -0.2) is 4.79 Å². The van der Waals surface area contributed by atoms with Gasteiger partial charge in [-0.3, -0.25) is 0 Å². The van der Waals surface area contributed by atoms with Gasteiger partial charge in [-0.2, -0.15) is 11.8 Å². The highest BCUT2D eigenvalue weighted by Crippen LogP contribution is 2.30. The monoisotopic (exact) mass is 266 g/mol. The Kier molecular flexibility index (Phi) is 4.36. The van der Waals surface area contributed by atoms with Crippen molar-refractivity contribution in [1.29, 1.82) is 0 Å². The van der Waals surface area contributed by atoms with E-state index in [0.29, 0.717) is 17.9 Å². The summed E-state index contributed by atoms with van der Waals surface area (Å²) in [4.78, 5) is 14.1. The zero-order valence-corrected chi connectivity index (χ0v) is 11.3. The number of esters is 1. The molecule has 0 aliphatic carbocycles. The van der Waals surface area contributed by atoms with Crippen LogP contribution in [-0.4, -0.2) is 37.2 Å². The molecule has 0 saturated carbocycles. The van der Waals surface area contributed by atoms with Gasteiger partial charge in [0.1, 0.15) is 0 Å². The van der Waals surface area contributed by atoms with Crippen molar-refractivity contribution >= 4 is 29.1 Å². The number of hydrogen-bond donors (Lipinski definition) is 1. The minimum absolute atomic E-state index is 0.293. The van der Waals surface area contributed by atoms with E-state index in [1.807, 2.05) is 17.8 Å². The van der Waals surface area contributed by atoms with Gasteiger partial charge in [0.05, 0.1) is 23.5 Å². The summed E-state index contributed by atoms with van der Waals surface area (Å²) in [5.74, 6) is 1.84. The molecule has 1 aromatic carbocycles. The molecule has 1 aliphatic rings. The van der Waals surface area contributed by atoms with Crippen molar-refractivity contribution in [3.05, 3.63) is 23.8 Å². The summed E-state index contributed by atoms with van der Waals surface area (Å²) in [7, 11) is 0. The number of carbonyl (C=O) groups is 1. The van der Waals surface area contributed by atoms with Gasteiger partial charge in [-0.1, -0.05) is 6.07 Å². The Hall–Kier alpha value is -1.36. The molecule has 0 amide bonds. The minimum Gasteiger partial charge on any atom is -0.462 e. The molecule has 1 aromatic rings. The van der Waals surface area contributed by atoms with Gasteiger partial charge in [0.15, 0.2) is 0 Å². The lowest BCUT2D eigenvalue weighted by atomic mass is 10.1. The highest BCUT2D eigenvalue weighted by atomic mass is 32.2. The normalized spacial score (nSPS) is 15.5. The molecule has 2 rings (SSSR count). The first-order valence-electron chi connectivity index (χ1n) is 6.12. The first kappa shape index (κ1) is 13.1. The van der Waals surface area contributed by atoms with Crippen molar-refractivity contribution in [2.24, 2.45) is 0 Å². The van der Waals surface area contributed by atoms with Gasteiger partial charge in [0.25, 0.3) is 0 Å². The summed E-state index contributed by atoms with van der Waals surface area (Å²) >= 11 is 1.93. The van der Waals surface area contributed by atoms with Gasteiger partial charge in [0.2, 0.25) is 0 Å². The molecule has 98 valence electrons. The number of ether oxygens (including phenoxy) is 1. The molecule has 0 spiro atoms.